The highest BCUT2D eigenvalue weighted by Gasteiger charge is 2.32. The van der Waals surface area contributed by atoms with Gasteiger partial charge in [-0.3, -0.25) is 9.59 Å². The largest absolute Gasteiger partial charge is 0.405 e. The Morgan fingerprint density at radius 2 is 1.96 bits per heavy atom. The zero-order valence-corrected chi connectivity index (χ0v) is 15.2. The highest BCUT2D eigenvalue weighted by molar-refractivity contribution is 5.98. The monoisotopic (exact) mass is 393 g/mol. The van der Waals surface area contributed by atoms with E-state index in [0.29, 0.717) is 12.2 Å². The summed E-state index contributed by atoms with van der Waals surface area (Å²) < 4.78 is 36.6. The Kier molecular flexibility index (Phi) is 7.89. The lowest BCUT2D eigenvalue weighted by Gasteiger charge is -2.18. The minimum Gasteiger partial charge on any atom is -0.343 e. The lowest BCUT2D eigenvalue weighted by molar-refractivity contribution is -0.123. The molecule has 0 spiro atoms. The fraction of sp³-hybridized carbons (Fsp3) is 0.529. The standard InChI is InChI=1S/C17H22F3N3O2.ClH/c1-10-5-6-11(15(24)22-9-17(18,19)20)7-14(10)23-16(25)13-4-2-3-12(13)8-21;/h5-7,12-13H,2-4,8-9,21H2,1H3,(H,22,24)(H,23,25);1H/t12-,13-;/m1./s1. The summed E-state index contributed by atoms with van der Waals surface area (Å²) in [5.74, 6) is -1.04. The molecule has 5 nitrogen and oxygen atoms in total. The Morgan fingerprint density at radius 3 is 2.58 bits per heavy atom. The van der Waals surface area contributed by atoms with Gasteiger partial charge in [-0.05, 0) is 49.9 Å². The van der Waals surface area contributed by atoms with Crippen LogP contribution in [0.2, 0.25) is 0 Å². The number of hydrogen-bond acceptors (Lipinski definition) is 3. The molecule has 1 aromatic rings. The second kappa shape index (κ2) is 9.23. The van der Waals surface area contributed by atoms with Gasteiger partial charge in [0.15, 0.2) is 0 Å². The Hall–Kier alpha value is -1.80. The third kappa shape index (κ3) is 5.88. The Morgan fingerprint density at radius 1 is 1.27 bits per heavy atom. The van der Waals surface area contributed by atoms with Gasteiger partial charge in [0.2, 0.25) is 5.91 Å². The minimum atomic E-state index is -4.48. The van der Waals surface area contributed by atoms with Gasteiger partial charge in [-0.1, -0.05) is 12.5 Å². The van der Waals surface area contributed by atoms with Crippen molar-refractivity contribution in [2.75, 3.05) is 18.4 Å². The number of aryl methyl sites for hydroxylation is 1. The fourth-order valence-electron chi connectivity index (χ4n) is 3.07. The van der Waals surface area contributed by atoms with Gasteiger partial charge < -0.3 is 16.4 Å². The second-order valence-electron chi connectivity index (χ2n) is 6.35. The van der Waals surface area contributed by atoms with E-state index in [1.807, 2.05) is 5.32 Å². The smallest absolute Gasteiger partial charge is 0.343 e. The van der Waals surface area contributed by atoms with Gasteiger partial charge in [0.25, 0.3) is 5.91 Å². The molecule has 26 heavy (non-hydrogen) atoms. The van der Waals surface area contributed by atoms with Crippen molar-refractivity contribution in [1.82, 2.24) is 5.32 Å². The van der Waals surface area contributed by atoms with Crippen LogP contribution in [0.3, 0.4) is 0 Å². The van der Waals surface area contributed by atoms with Gasteiger partial charge >= 0.3 is 6.18 Å². The first-order valence-corrected chi connectivity index (χ1v) is 8.18. The molecule has 1 saturated carbocycles. The van der Waals surface area contributed by atoms with Gasteiger partial charge in [0.1, 0.15) is 6.54 Å². The van der Waals surface area contributed by atoms with E-state index in [2.05, 4.69) is 5.32 Å². The quantitative estimate of drug-likeness (QED) is 0.719. The van der Waals surface area contributed by atoms with E-state index in [9.17, 15) is 22.8 Å². The molecule has 2 amide bonds. The van der Waals surface area contributed by atoms with Crippen LogP contribution in [0, 0.1) is 18.8 Å². The van der Waals surface area contributed by atoms with Crippen LogP contribution < -0.4 is 16.4 Å². The molecule has 1 fully saturated rings. The normalized spacial score (nSPS) is 19.6. The minimum absolute atomic E-state index is 0. The highest BCUT2D eigenvalue weighted by Crippen LogP contribution is 2.32. The third-order valence-electron chi connectivity index (χ3n) is 4.51. The van der Waals surface area contributed by atoms with Gasteiger partial charge in [0.05, 0.1) is 0 Å². The number of nitrogens with one attached hydrogen (secondary N) is 2. The summed E-state index contributed by atoms with van der Waals surface area (Å²) in [5.41, 5.74) is 6.90. The maximum absolute atomic E-state index is 12.5. The summed E-state index contributed by atoms with van der Waals surface area (Å²) in [6.07, 6.45) is -1.86. The Labute approximate surface area is 156 Å². The van der Waals surface area contributed by atoms with Crippen molar-refractivity contribution in [1.29, 1.82) is 0 Å². The zero-order valence-electron chi connectivity index (χ0n) is 14.4. The molecule has 1 aliphatic carbocycles. The molecule has 4 N–H and O–H groups in total. The predicted molar refractivity (Wildman–Crippen MR) is 95.3 cm³/mol. The van der Waals surface area contributed by atoms with Crippen molar-refractivity contribution in [2.24, 2.45) is 17.6 Å². The zero-order chi connectivity index (χ0) is 18.6. The van der Waals surface area contributed by atoms with E-state index >= 15 is 0 Å². The van der Waals surface area contributed by atoms with Crippen LogP contribution in [-0.4, -0.2) is 31.1 Å². The third-order valence-corrected chi connectivity index (χ3v) is 4.51. The molecule has 1 aromatic carbocycles. The lowest BCUT2D eigenvalue weighted by Crippen LogP contribution is -2.34. The summed E-state index contributed by atoms with van der Waals surface area (Å²) in [7, 11) is 0. The van der Waals surface area contributed by atoms with E-state index in [0.717, 1.165) is 24.8 Å². The number of benzene rings is 1. The van der Waals surface area contributed by atoms with Crippen molar-refractivity contribution >= 4 is 29.9 Å². The molecule has 1 aliphatic rings. The molecule has 0 bridgehead atoms. The van der Waals surface area contributed by atoms with Crippen LogP contribution in [0.1, 0.15) is 35.2 Å². The lowest BCUT2D eigenvalue weighted by atomic mass is 9.95. The summed E-state index contributed by atoms with van der Waals surface area (Å²) in [4.78, 5) is 24.3. The van der Waals surface area contributed by atoms with Crippen molar-refractivity contribution in [3.05, 3.63) is 29.3 Å². The average Bonchev–Trinajstić information content (AvgIpc) is 3.02. The van der Waals surface area contributed by atoms with Crippen molar-refractivity contribution < 1.29 is 22.8 Å². The molecule has 0 radical (unpaired) electrons. The van der Waals surface area contributed by atoms with E-state index in [4.69, 9.17) is 5.73 Å². The Balaban J connectivity index is 0.00000338. The van der Waals surface area contributed by atoms with Gasteiger partial charge in [-0.15, -0.1) is 12.4 Å². The van der Waals surface area contributed by atoms with E-state index in [1.165, 1.54) is 12.1 Å². The number of carbonyl (C=O) groups excluding carboxylic acids is 2. The molecule has 0 saturated heterocycles. The van der Waals surface area contributed by atoms with Crippen molar-refractivity contribution in [3.63, 3.8) is 0 Å². The van der Waals surface area contributed by atoms with E-state index < -0.39 is 18.6 Å². The summed E-state index contributed by atoms with van der Waals surface area (Å²) in [6, 6.07) is 4.41. The first-order valence-electron chi connectivity index (χ1n) is 8.18. The second-order valence-corrected chi connectivity index (χ2v) is 6.35. The number of halogens is 4. The SMILES string of the molecule is Cc1ccc(C(=O)NCC(F)(F)F)cc1NC(=O)[C@@H]1CCC[C@@H]1CN.Cl. The van der Waals surface area contributed by atoms with Crippen LogP contribution in [0.15, 0.2) is 18.2 Å². The van der Waals surface area contributed by atoms with Crippen LogP contribution >= 0.6 is 12.4 Å². The first-order chi connectivity index (χ1) is 11.7. The van der Waals surface area contributed by atoms with Gasteiger partial charge in [-0.2, -0.15) is 13.2 Å². The van der Waals surface area contributed by atoms with Crippen LogP contribution in [-0.2, 0) is 4.79 Å². The summed E-state index contributed by atoms with van der Waals surface area (Å²) >= 11 is 0. The molecule has 0 aromatic heterocycles. The topological polar surface area (TPSA) is 84.2 Å². The number of alkyl halides is 3. The molecule has 2 atom stereocenters. The average molecular weight is 394 g/mol. The van der Waals surface area contributed by atoms with Gasteiger partial charge in [0, 0.05) is 17.2 Å². The molecular weight excluding hydrogens is 371 g/mol. The maximum atomic E-state index is 12.5. The molecule has 0 aliphatic heterocycles. The Bertz CT molecular complexity index is 653. The number of rotatable bonds is 5. The summed E-state index contributed by atoms with van der Waals surface area (Å²) in [6.45, 7) is 0.792. The number of nitrogens with two attached hydrogens (primary N) is 1. The van der Waals surface area contributed by atoms with Crippen molar-refractivity contribution in [3.8, 4) is 0 Å². The molecule has 9 heteroatoms. The molecule has 146 valence electrons. The van der Waals surface area contributed by atoms with E-state index in [-0.39, 0.29) is 35.7 Å². The highest BCUT2D eigenvalue weighted by atomic mass is 35.5. The molecule has 2 rings (SSSR count). The molecular formula is C17H23ClF3N3O2. The first kappa shape index (κ1) is 22.2. The van der Waals surface area contributed by atoms with Crippen LogP contribution in [0.5, 0.6) is 0 Å². The molecule has 0 unspecified atom stereocenters. The van der Waals surface area contributed by atoms with Crippen molar-refractivity contribution in [2.45, 2.75) is 32.4 Å². The van der Waals surface area contributed by atoms with Gasteiger partial charge in [-0.25, -0.2) is 0 Å². The number of hydrogen-bond donors (Lipinski definition) is 3. The molecule has 0 heterocycles. The number of carbonyl (C=O) groups is 2. The predicted octanol–water partition coefficient (Wildman–Crippen LogP) is 3.02. The number of anilines is 1. The van der Waals surface area contributed by atoms with Crippen LogP contribution in [0.25, 0.3) is 0 Å². The summed E-state index contributed by atoms with van der Waals surface area (Å²) in [5, 5.41) is 4.60. The van der Waals surface area contributed by atoms with E-state index in [1.54, 1.807) is 13.0 Å². The number of amides is 2. The maximum Gasteiger partial charge on any atom is 0.405 e. The van der Waals surface area contributed by atoms with Crippen LogP contribution in [0.4, 0.5) is 18.9 Å². The fourth-order valence-corrected chi connectivity index (χ4v) is 3.07.